The van der Waals surface area contributed by atoms with Crippen LogP contribution in [-0.4, -0.2) is 5.24 Å². The molecule has 0 spiro atoms. The van der Waals surface area contributed by atoms with Crippen LogP contribution in [-0.2, 0) is 5.41 Å². The Morgan fingerprint density at radius 2 is 2.08 bits per heavy atom. The Hall–Kier alpha value is -0.760. The van der Waals surface area contributed by atoms with Gasteiger partial charge in [0.25, 0.3) is 5.24 Å². The number of rotatable bonds is 1. The highest BCUT2D eigenvalue weighted by atomic mass is 35.5. The Morgan fingerprint density at radius 3 is 2.33 bits per heavy atom. The fourth-order valence-corrected chi connectivity index (χ4v) is 0.932. The van der Waals surface area contributed by atoms with E-state index in [1.54, 1.807) is 12.3 Å². The predicted molar refractivity (Wildman–Crippen MR) is 47.6 cm³/mol. The summed E-state index contributed by atoms with van der Waals surface area (Å²) in [4.78, 5) is 10.7. The summed E-state index contributed by atoms with van der Waals surface area (Å²) in [5, 5.41) is -0.550. The monoisotopic (exact) mass is 186 g/mol. The van der Waals surface area contributed by atoms with Gasteiger partial charge in [-0.2, -0.15) is 0 Å². The highest BCUT2D eigenvalue weighted by Gasteiger charge is 2.18. The third-order valence-corrected chi connectivity index (χ3v) is 1.85. The molecule has 0 aliphatic carbocycles. The van der Waals surface area contributed by atoms with E-state index in [9.17, 15) is 4.79 Å². The van der Waals surface area contributed by atoms with Gasteiger partial charge in [-0.3, -0.25) is 4.79 Å². The molecule has 66 valence electrons. The number of halogens is 1. The molecule has 2 nitrogen and oxygen atoms in total. The van der Waals surface area contributed by atoms with E-state index in [-0.39, 0.29) is 11.2 Å². The van der Waals surface area contributed by atoms with Gasteiger partial charge in [-0.15, -0.1) is 0 Å². The number of hydrogen-bond acceptors (Lipinski definition) is 2. The topological polar surface area (TPSA) is 30.2 Å². The lowest BCUT2D eigenvalue weighted by Crippen LogP contribution is -2.09. The van der Waals surface area contributed by atoms with Crippen molar-refractivity contribution in [1.82, 2.24) is 0 Å². The normalized spacial score (nSPS) is 11.7. The van der Waals surface area contributed by atoms with Crippen LogP contribution in [0.3, 0.4) is 0 Å². The molecule has 0 atom stereocenters. The second kappa shape index (κ2) is 2.94. The SMILES string of the molecule is CC(C)(C)c1coc(C(=O)Cl)c1. The molecule has 0 unspecified atom stereocenters. The summed E-state index contributed by atoms with van der Waals surface area (Å²) in [6.45, 7) is 6.13. The third-order valence-electron chi connectivity index (χ3n) is 1.66. The van der Waals surface area contributed by atoms with E-state index < -0.39 is 5.24 Å². The lowest BCUT2D eigenvalue weighted by Gasteiger charge is -2.14. The second-order valence-electron chi connectivity index (χ2n) is 3.72. The third kappa shape index (κ3) is 1.89. The zero-order valence-electron chi connectivity index (χ0n) is 7.35. The molecule has 0 amide bonds. The van der Waals surface area contributed by atoms with Crippen LogP contribution in [0.1, 0.15) is 36.9 Å². The van der Waals surface area contributed by atoms with Crippen molar-refractivity contribution in [3.05, 3.63) is 23.7 Å². The van der Waals surface area contributed by atoms with Crippen LogP contribution in [0, 0.1) is 0 Å². The van der Waals surface area contributed by atoms with E-state index in [0.29, 0.717) is 0 Å². The molecule has 0 fully saturated rings. The second-order valence-corrected chi connectivity index (χ2v) is 4.07. The van der Waals surface area contributed by atoms with Gasteiger partial charge in [0.2, 0.25) is 0 Å². The van der Waals surface area contributed by atoms with Crippen molar-refractivity contribution in [2.75, 3.05) is 0 Å². The first-order chi connectivity index (χ1) is 5.41. The van der Waals surface area contributed by atoms with Crippen molar-refractivity contribution in [2.24, 2.45) is 0 Å². The molecule has 12 heavy (non-hydrogen) atoms. The lowest BCUT2D eigenvalue weighted by atomic mass is 9.89. The zero-order chi connectivity index (χ0) is 9.35. The summed E-state index contributed by atoms with van der Waals surface area (Å²) in [6, 6.07) is 1.68. The molecular weight excluding hydrogens is 176 g/mol. The van der Waals surface area contributed by atoms with Crippen LogP contribution in [0.4, 0.5) is 0 Å². The van der Waals surface area contributed by atoms with Gasteiger partial charge < -0.3 is 4.42 Å². The van der Waals surface area contributed by atoms with Crippen molar-refractivity contribution < 1.29 is 9.21 Å². The van der Waals surface area contributed by atoms with E-state index in [1.807, 2.05) is 20.8 Å². The fraction of sp³-hybridized carbons (Fsp3) is 0.444. The lowest BCUT2D eigenvalue weighted by molar-refractivity contribution is 0.105. The standard InChI is InChI=1S/C9H11ClO2/c1-9(2,3)6-4-7(8(10)11)12-5-6/h4-5H,1-3H3. The molecule has 0 aliphatic rings. The summed E-state index contributed by atoms with van der Waals surface area (Å²) in [7, 11) is 0. The molecule has 0 aromatic carbocycles. The molecule has 0 aliphatic heterocycles. The van der Waals surface area contributed by atoms with Gasteiger partial charge >= 0.3 is 0 Å². The molecule has 0 saturated carbocycles. The molecule has 1 rings (SSSR count). The van der Waals surface area contributed by atoms with Gasteiger partial charge in [-0.1, -0.05) is 20.8 Å². The predicted octanol–water partition coefficient (Wildman–Crippen LogP) is 2.96. The maximum Gasteiger partial charge on any atom is 0.287 e. The molecule has 1 aromatic rings. The van der Waals surface area contributed by atoms with Crippen molar-refractivity contribution in [3.8, 4) is 0 Å². The minimum atomic E-state index is -0.550. The van der Waals surface area contributed by atoms with Crippen LogP contribution in [0.2, 0.25) is 0 Å². The van der Waals surface area contributed by atoms with Crippen LogP contribution in [0.25, 0.3) is 0 Å². The van der Waals surface area contributed by atoms with Crippen molar-refractivity contribution in [3.63, 3.8) is 0 Å². The summed E-state index contributed by atoms with van der Waals surface area (Å²) in [6.07, 6.45) is 1.57. The minimum absolute atomic E-state index is 0.00586. The molecule has 3 heteroatoms. The van der Waals surface area contributed by atoms with E-state index >= 15 is 0 Å². The van der Waals surface area contributed by atoms with Gasteiger partial charge in [0, 0.05) is 0 Å². The van der Waals surface area contributed by atoms with Crippen LogP contribution in [0.15, 0.2) is 16.7 Å². The van der Waals surface area contributed by atoms with E-state index in [2.05, 4.69) is 0 Å². The van der Waals surface area contributed by atoms with Crippen molar-refractivity contribution >= 4 is 16.8 Å². The first kappa shape index (κ1) is 9.33. The Labute approximate surface area is 76.5 Å². The van der Waals surface area contributed by atoms with Gasteiger partial charge in [-0.05, 0) is 28.6 Å². The Morgan fingerprint density at radius 1 is 1.50 bits per heavy atom. The highest BCUT2D eigenvalue weighted by molar-refractivity contribution is 6.67. The van der Waals surface area contributed by atoms with E-state index in [4.69, 9.17) is 16.0 Å². The first-order valence-corrected chi connectivity index (χ1v) is 4.08. The molecule has 0 radical (unpaired) electrons. The number of furan rings is 1. The summed E-state index contributed by atoms with van der Waals surface area (Å²) >= 11 is 5.23. The van der Waals surface area contributed by atoms with Crippen LogP contribution < -0.4 is 0 Å². The minimum Gasteiger partial charge on any atom is -0.460 e. The summed E-state index contributed by atoms with van der Waals surface area (Å²) in [5.74, 6) is 0.210. The highest BCUT2D eigenvalue weighted by Crippen LogP contribution is 2.24. The van der Waals surface area contributed by atoms with Crippen LogP contribution >= 0.6 is 11.6 Å². The van der Waals surface area contributed by atoms with Crippen LogP contribution in [0.5, 0.6) is 0 Å². The van der Waals surface area contributed by atoms with Crippen molar-refractivity contribution in [2.45, 2.75) is 26.2 Å². The summed E-state index contributed by atoms with van der Waals surface area (Å²) in [5.41, 5.74) is 0.972. The molecule has 1 aromatic heterocycles. The van der Waals surface area contributed by atoms with Gasteiger partial charge in [-0.25, -0.2) is 0 Å². The fourth-order valence-electron chi connectivity index (χ4n) is 0.833. The van der Waals surface area contributed by atoms with Gasteiger partial charge in [0.15, 0.2) is 5.76 Å². The largest absolute Gasteiger partial charge is 0.460 e. The molecule has 0 saturated heterocycles. The molecule has 0 bridgehead atoms. The number of carbonyl (C=O) groups is 1. The number of carbonyl (C=O) groups excluding carboxylic acids is 1. The van der Waals surface area contributed by atoms with Gasteiger partial charge in [0.05, 0.1) is 6.26 Å². The van der Waals surface area contributed by atoms with Crippen molar-refractivity contribution in [1.29, 1.82) is 0 Å². The maximum atomic E-state index is 10.7. The van der Waals surface area contributed by atoms with E-state index in [0.717, 1.165) is 5.56 Å². The summed E-state index contributed by atoms with van der Waals surface area (Å²) < 4.78 is 4.97. The average molecular weight is 187 g/mol. The Kier molecular flexibility index (Phi) is 2.29. The number of hydrogen-bond donors (Lipinski definition) is 0. The molecule has 1 heterocycles. The quantitative estimate of drug-likeness (QED) is 0.632. The Bertz CT molecular complexity index is 294. The van der Waals surface area contributed by atoms with E-state index in [1.165, 1.54) is 0 Å². The smallest absolute Gasteiger partial charge is 0.287 e. The average Bonchev–Trinajstić information content (AvgIpc) is 2.30. The molecule has 0 N–H and O–H groups in total. The van der Waals surface area contributed by atoms with Gasteiger partial charge in [0.1, 0.15) is 0 Å². The Balaban J connectivity index is 3.00. The first-order valence-electron chi connectivity index (χ1n) is 3.70. The molecular formula is C9H11ClO2. The maximum absolute atomic E-state index is 10.7. The zero-order valence-corrected chi connectivity index (χ0v) is 8.11.